The molecule has 0 bridgehead atoms. The monoisotopic (exact) mass is 414 g/mol. The van der Waals surface area contributed by atoms with Crippen molar-refractivity contribution in [2.45, 2.75) is 38.3 Å². The largest absolute Gasteiger partial charge is 0.493 e. The van der Waals surface area contributed by atoms with Crippen LogP contribution < -0.4 is 19.9 Å². The van der Waals surface area contributed by atoms with Crippen molar-refractivity contribution in [1.82, 2.24) is 9.97 Å². The third-order valence-corrected chi connectivity index (χ3v) is 6.05. The van der Waals surface area contributed by atoms with Crippen LogP contribution in [0.4, 0.5) is 5.82 Å². The lowest BCUT2D eigenvalue weighted by Crippen LogP contribution is -2.15. The molecular weight excluding hydrogens is 388 g/mol. The molecule has 0 saturated carbocycles. The minimum atomic E-state index is -2.64. The molecular formula is C21H26N4O3S. The normalized spacial score (nSPS) is 13.2. The fourth-order valence-electron chi connectivity index (χ4n) is 2.86. The Morgan fingerprint density at radius 3 is 2.69 bits per heavy atom. The van der Waals surface area contributed by atoms with Crippen molar-refractivity contribution in [3.63, 3.8) is 0 Å². The number of ether oxygens (including phenoxy) is 2. The van der Waals surface area contributed by atoms with Crippen LogP contribution in [0.5, 0.6) is 11.5 Å². The van der Waals surface area contributed by atoms with Crippen LogP contribution in [0.25, 0.3) is 10.9 Å². The average molecular weight is 415 g/mol. The molecule has 0 aliphatic heterocycles. The average Bonchev–Trinajstić information content (AvgIpc) is 2.71. The molecule has 0 radical (unpaired) electrons. The van der Waals surface area contributed by atoms with E-state index in [0.717, 1.165) is 22.3 Å². The highest BCUT2D eigenvalue weighted by atomic mass is 32.2. The molecule has 0 spiro atoms. The molecule has 8 heteroatoms. The van der Waals surface area contributed by atoms with E-state index in [4.69, 9.17) is 14.6 Å². The minimum absolute atomic E-state index is 0.237. The SMILES string of the molecule is CC=S(N)(=O)c1cccc(COc2cc3ncnc(NC(C)C)c3cc2OC)c1. The molecule has 0 aliphatic rings. The number of aromatic nitrogens is 2. The molecule has 29 heavy (non-hydrogen) atoms. The lowest BCUT2D eigenvalue weighted by atomic mass is 10.2. The Hall–Kier alpha value is -2.84. The van der Waals surface area contributed by atoms with Gasteiger partial charge in [-0.05, 0) is 49.9 Å². The highest BCUT2D eigenvalue weighted by Gasteiger charge is 2.13. The Balaban J connectivity index is 1.91. The number of nitrogens with two attached hydrogens (primary N) is 1. The molecule has 0 amide bonds. The summed E-state index contributed by atoms with van der Waals surface area (Å²) in [5.74, 6) is 1.89. The Labute approximate surface area is 171 Å². The molecule has 0 aliphatic carbocycles. The highest BCUT2D eigenvalue weighted by molar-refractivity contribution is 7.99. The van der Waals surface area contributed by atoms with Gasteiger partial charge in [0.25, 0.3) is 0 Å². The van der Waals surface area contributed by atoms with Gasteiger partial charge in [-0.1, -0.05) is 12.1 Å². The standard InChI is InChI=1S/C21H26N4O3S/c1-5-29(22,26)16-8-6-7-15(9-16)12-28-20-11-18-17(10-19(20)27-4)21(24-13-23-18)25-14(2)3/h5-11,13-14H,12H2,1-4H3,(H2,22,26)(H,23,24,25). The summed E-state index contributed by atoms with van der Waals surface area (Å²) in [6.07, 6.45) is 1.52. The predicted octanol–water partition coefficient (Wildman–Crippen LogP) is 3.38. The first kappa shape index (κ1) is 20.9. The van der Waals surface area contributed by atoms with Gasteiger partial charge < -0.3 is 14.8 Å². The van der Waals surface area contributed by atoms with Gasteiger partial charge in [-0.2, -0.15) is 0 Å². The highest BCUT2D eigenvalue weighted by Crippen LogP contribution is 2.34. The summed E-state index contributed by atoms with van der Waals surface area (Å²) < 4.78 is 23.9. The van der Waals surface area contributed by atoms with Gasteiger partial charge in [0.05, 0.1) is 22.3 Å². The fourth-order valence-corrected chi connectivity index (χ4v) is 3.75. The topological polar surface area (TPSA) is 99.4 Å². The van der Waals surface area contributed by atoms with Crippen molar-refractivity contribution in [2.24, 2.45) is 5.14 Å². The Morgan fingerprint density at radius 2 is 2.00 bits per heavy atom. The van der Waals surface area contributed by atoms with E-state index >= 15 is 0 Å². The Bertz CT molecular complexity index is 1140. The van der Waals surface area contributed by atoms with Gasteiger partial charge in [-0.15, -0.1) is 0 Å². The van der Waals surface area contributed by atoms with Crippen molar-refractivity contribution >= 4 is 31.8 Å². The molecule has 0 fully saturated rings. The lowest BCUT2D eigenvalue weighted by molar-refractivity contribution is 0.285. The molecule has 3 N–H and O–H groups in total. The van der Waals surface area contributed by atoms with Crippen molar-refractivity contribution in [3.05, 3.63) is 48.3 Å². The van der Waals surface area contributed by atoms with Crippen LogP contribution in [-0.2, 0) is 16.3 Å². The number of hydrogen-bond acceptors (Lipinski definition) is 6. The molecule has 1 unspecified atom stereocenters. The second-order valence-electron chi connectivity index (χ2n) is 6.86. The zero-order chi connectivity index (χ0) is 21.0. The summed E-state index contributed by atoms with van der Waals surface area (Å²) in [7, 11) is -1.05. The number of methoxy groups -OCH3 is 1. The molecule has 2 aromatic carbocycles. The molecule has 1 atom stereocenters. The van der Waals surface area contributed by atoms with Crippen molar-refractivity contribution < 1.29 is 13.7 Å². The predicted molar refractivity (Wildman–Crippen MR) is 118 cm³/mol. The van der Waals surface area contributed by atoms with Crippen LogP contribution in [0.2, 0.25) is 0 Å². The quantitative estimate of drug-likeness (QED) is 0.575. The zero-order valence-corrected chi connectivity index (χ0v) is 17.8. The van der Waals surface area contributed by atoms with Gasteiger partial charge in [-0.3, -0.25) is 5.14 Å². The lowest BCUT2D eigenvalue weighted by Gasteiger charge is -2.15. The van der Waals surface area contributed by atoms with E-state index in [2.05, 4.69) is 15.3 Å². The maximum absolute atomic E-state index is 12.4. The molecule has 1 aromatic heterocycles. The van der Waals surface area contributed by atoms with E-state index in [1.54, 1.807) is 26.2 Å². The van der Waals surface area contributed by atoms with E-state index in [1.165, 1.54) is 11.7 Å². The summed E-state index contributed by atoms with van der Waals surface area (Å²) in [4.78, 5) is 9.25. The Kier molecular flexibility index (Phi) is 6.24. The van der Waals surface area contributed by atoms with Gasteiger partial charge in [-0.25, -0.2) is 14.2 Å². The summed E-state index contributed by atoms with van der Waals surface area (Å²) in [5.41, 5.74) is 1.60. The molecule has 154 valence electrons. The second kappa shape index (κ2) is 8.67. The van der Waals surface area contributed by atoms with Crippen molar-refractivity contribution in [2.75, 3.05) is 12.4 Å². The van der Waals surface area contributed by atoms with Gasteiger partial charge in [0, 0.05) is 22.4 Å². The van der Waals surface area contributed by atoms with Gasteiger partial charge in [0.1, 0.15) is 18.8 Å². The Morgan fingerprint density at radius 1 is 1.21 bits per heavy atom. The number of hydrogen-bond donors (Lipinski definition) is 2. The first-order valence-electron chi connectivity index (χ1n) is 9.26. The number of fused-ring (bicyclic) bond motifs is 1. The van der Waals surface area contributed by atoms with E-state index in [-0.39, 0.29) is 12.6 Å². The first-order chi connectivity index (χ1) is 13.8. The number of benzene rings is 2. The van der Waals surface area contributed by atoms with Gasteiger partial charge in [0.2, 0.25) is 0 Å². The number of rotatable bonds is 7. The zero-order valence-electron chi connectivity index (χ0n) is 17.0. The maximum Gasteiger partial charge on any atom is 0.163 e. The summed E-state index contributed by atoms with van der Waals surface area (Å²) >= 11 is 0. The third kappa shape index (κ3) is 4.78. The van der Waals surface area contributed by atoms with Crippen LogP contribution in [0.15, 0.2) is 47.6 Å². The molecule has 7 nitrogen and oxygen atoms in total. The van der Waals surface area contributed by atoms with E-state index in [9.17, 15) is 4.21 Å². The van der Waals surface area contributed by atoms with E-state index in [0.29, 0.717) is 16.4 Å². The van der Waals surface area contributed by atoms with Crippen molar-refractivity contribution in [1.29, 1.82) is 0 Å². The van der Waals surface area contributed by atoms with E-state index < -0.39 is 9.71 Å². The number of anilines is 1. The maximum atomic E-state index is 12.4. The van der Waals surface area contributed by atoms with Crippen LogP contribution >= 0.6 is 0 Å². The van der Waals surface area contributed by atoms with E-state index in [1.807, 2.05) is 38.1 Å². The number of nitrogens with one attached hydrogen (secondary N) is 1. The molecule has 1 heterocycles. The second-order valence-corrected chi connectivity index (χ2v) is 9.10. The van der Waals surface area contributed by atoms with Crippen LogP contribution in [0, 0.1) is 0 Å². The molecule has 3 aromatic rings. The summed E-state index contributed by atoms with van der Waals surface area (Å²) in [5, 5.41) is 11.5. The van der Waals surface area contributed by atoms with Crippen LogP contribution in [0.3, 0.4) is 0 Å². The molecule has 0 saturated heterocycles. The summed E-state index contributed by atoms with van der Waals surface area (Å²) in [6.45, 7) is 6.06. The fraction of sp³-hybridized carbons (Fsp3) is 0.286. The minimum Gasteiger partial charge on any atom is -0.493 e. The molecule has 3 rings (SSSR count). The number of nitrogens with zero attached hydrogens (tertiary/aromatic N) is 2. The third-order valence-electron chi connectivity index (χ3n) is 4.36. The van der Waals surface area contributed by atoms with Crippen molar-refractivity contribution in [3.8, 4) is 11.5 Å². The van der Waals surface area contributed by atoms with Crippen LogP contribution in [0.1, 0.15) is 26.3 Å². The summed E-state index contributed by atoms with van der Waals surface area (Å²) in [6, 6.07) is 11.2. The van der Waals surface area contributed by atoms with Gasteiger partial charge >= 0.3 is 0 Å². The smallest absolute Gasteiger partial charge is 0.163 e. The van der Waals surface area contributed by atoms with Crippen LogP contribution in [-0.4, -0.2) is 32.7 Å². The first-order valence-corrected chi connectivity index (χ1v) is 10.9. The van der Waals surface area contributed by atoms with Gasteiger partial charge in [0.15, 0.2) is 11.5 Å².